The summed E-state index contributed by atoms with van der Waals surface area (Å²) >= 11 is 0. The molecular weight excluding hydrogens is 358 g/mol. The standard InChI is InChI=1S/C21H29N3O4/c1-21(2,3)28-20(27)23-14-19(26)22-13-16-8-10-17(11-9-16)24-18(25)12-15-6-4-5-7-15/h8-12H,4-7,13-14H2,1-3H3,(H,22,26)(H,23,27)(H,24,25). The lowest BCUT2D eigenvalue weighted by atomic mass is 10.2. The van der Waals surface area contributed by atoms with E-state index in [0.29, 0.717) is 12.2 Å². The number of rotatable bonds is 6. The van der Waals surface area contributed by atoms with Gasteiger partial charge in [0, 0.05) is 18.3 Å². The molecule has 1 fully saturated rings. The van der Waals surface area contributed by atoms with Crippen molar-refractivity contribution in [2.75, 3.05) is 11.9 Å². The summed E-state index contributed by atoms with van der Waals surface area (Å²) in [5, 5.41) is 7.98. The van der Waals surface area contributed by atoms with Crippen LogP contribution in [0.25, 0.3) is 0 Å². The SMILES string of the molecule is CC(C)(C)OC(=O)NCC(=O)NCc1ccc(NC(=O)C=C2CCCC2)cc1. The summed E-state index contributed by atoms with van der Waals surface area (Å²) in [7, 11) is 0. The normalized spacial score (nSPS) is 13.6. The number of ether oxygens (including phenoxy) is 1. The monoisotopic (exact) mass is 387 g/mol. The Kier molecular flexibility index (Phi) is 7.61. The minimum absolute atomic E-state index is 0.105. The molecule has 1 saturated carbocycles. The van der Waals surface area contributed by atoms with E-state index in [-0.39, 0.29) is 18.4 Å². The number of amides is 3. The lowest BCUT2D eigenvalue weighted by molar-refractivity contribution is -0.120. The van der Waals surface area contributed by atoms with Gasteiger partial charge in [0.15, 0.2) is 0 Å². The summed E-state index contributed by atoms with van der Waals surface area (Å²) < 4.78 is 5.07. The minimum Gasteiger partial charge on any atom is -0.444 e. The van der Waals surface area contributed by atoms with Gasteiger partial charge in [0.1, 0.15) is 12.1 Å². The van der Waals surface area contributed by atoms with Crippen molar-refractivity contribution >= 4 is 23.6 Å². The van der Waals surface area contributed by atoms with Crippen molar-refractivity contribution in [2.24, 2.45) is 0 Å². The number of nitrogens with one attached hydrogen (secondary N) is 3. The van der Waals surface area contributed by atoms with Crippen molar-refractivity contribution in [1.82, 2.24) is 10.6 Å². The van der Waals surface area contributed by atoms with Gasteiger partial charge >= 0.3 is 6.09 Å². The summed E-state index contributed by atoms with van der Waals surface area (Å²) in [5.74, 6) is -0.419. The highest BCUT2D eigenvalue weighted by Crippen LogP contribution is 2.23. The average molecular weight is 387 g/mol. The predicted octanol–water partition coefficient (Wildman–Crippen LogP) is 3.27. The van der Waals surface area contributed by atoms with E-state index in [1.807, 2.05) is 12.1 Å². The van der Waals surface area contributed by atoms with Gasteiger partial charge in [-0.05, 0) is 64.2 Å². The lowest BCUT2D eigenvalue weighted by Crippen LogP contribution is -2.39. The number of benzene rings is 1. The molecule has 0 aliphatic heterocycles. The van der Waals surface area contributed by atoms with Crippen LogP contribution in [0.4, 0.5) is 10.5 Å². The summed E-state index contributed by atoms with van der Waals surface area (Å²) in [5.41, 5.74) is 2.20. The molecule has 152 valence electrons. The maximum absolute atomic E-state index is 12.0. The quantitative estimate of drug-likeness (QED) is 0.653. The second kappa shape index (κ2) is 9.92. The van der Waals surface area contributed by atoms with Crippen molar-refractivity contribution < 1.29 is 19.1 Å². The molecule has 7 heteroatoms. The molecule has 1 aromatic carbocycles. The van der Waals surface area contributed by atoms with E-state index >= 15 is 0 Å². The molecule has 7 nitrogen and oxygen atoms in total. The molecule has 1 aromatic rings. The summed E-state index contributed by atoms with van der Waals surface area (Å²) in [6.45, 7) is 5.43. The molecule has 0 aromatic heterocycles. The topological polar surface area (TPSA) is 96.5 Å². The second-order valence-corrected chi connectivity index (χ2v) is 7.83. The fourth-order valence-corrected chi connectivity index (χ4v) is 2.77. The zero-order valence-electron chi connectivity index (χ0n) is 16.8. The Labute approximate surface area is 165 Å². The van der Waals surface area contributed by atoms with Crippen LogP contribution in [0.3, 0.4) is 0 Å². The predicted molar refractivity (Wildman–Crippen MR) is 108 cm³/mol. The van der Waals surface area contributed by atoms with Crippen LogP contribution in [0.5, 0.6) is 0 Å². The van der Waals surface area contributed by atoms with Gasteiger partial charge in [-0.15, -0.1) is 0 Å². The Morgan fingerprint density at radius 3 is 2.29 bits per heavy atom. The van der Waals surface area contributed by atoms with Gasteiger partial charge in [-0.25, -0.2) is 4.79 Å². The third kappa shape index (κ3) is 8.24. The fraction of sp³-hybridized carbons (Fsp3) is 0.476. The Morgan fingerprint density at radius 1 is 1.04 bits per heavy atom. The molecule has 3 amide bonds. The Morgan fingerprint density at radius 2 is 1.68 bits per heavy atom. The van der Waals surface area contributed by atoms with Crippen molar-refractivity contribution in [3.05, 3.63) is 41.5 Å². The number of hydrogen-bond acceptors (Lipinski definition) is 4. The molecule has 2 rings (SSSR count). The second-order valence-electron chi connectivity index (χ2n) is 7.83. The first-order valence-corrected chi connectivity index (χ1v) is 9.54. The van der Waals surface area contributed by atoms with Crippen LogP contribution in [0.15, 0.2) is 35.9 Å². The average Bonchev–Trinajstić information content (AvgIpc) is 3.10. The number of alkyl carbamates (subject to hydrolysis) is 1. The largest absolute Gasteiger partial charge is 0.444 e. The molecule has 0 saturated heterocycles. The van der Waals surface area contributed by atoms with E-state index in [1.165, 1.54) is 5.57 Å². The van der Waals surface area contributed by atoms with Gasteiger partial charge in [0.25, 0.3) is 0 Å². The molecule has 1 aliphatic rings. The van der Waals surface area contributed by atoms with E-state index in [1.54, 1.807) is 39.0 Å². The van der Waals surface area contributed by atoms with E-state index in [0.717, 1.165) is 31.2 Å². The van der Waals surface area contributed by atoms with Crippen molar-refractivity contribution in [3.63, 3.8) is 0 Å². The zero-order valence-corrected chi connectivity index (χ0v) is 16.8. The zero-order chi connectivity index (χ0) is 20.6. The Bertz CT molecular complexity index is 725. The maximum atomic E-state index is 12.0. The Hall–Kier alpha value is -2.83. The third-order valence-electron chi connectivity index (χ3n) is 4.08. The van der Waals surface area contributed by atoms with Crippen LogP contribution in [0.1, 0.15) is 52.0 Å². The molecule has 0 radical (unpaired) electrons. The van der Waals surface area contributed by atoms with Crippen LogP contribution >= 0.6 is 0 Å². The van der Waals surface area contributed by atoms with Crippen molar-refractivity contribution in [1.29, 1.82) is 0 Å². The molecule has 0 atom stereocenters. The van der Waals surface area contributed by atoms with Crippen LogP contribution < -0.4 is 16.0 Å². The van der Waals surface area contributed by atoms with Gasteiger partial charge < -0.3 is 20.7 Å². The van der Waals surface area contributed by atoms with Gasteiger partial charge in [0.2, 0.25) is 11.8 Å². The first kappa shape index (κ1) is 21.5. The molecule has 28 heavy (non-hydrogen) atoms. The third-order valence-corrected chi connectivity index (χ3v) is 4.08. The Balaban J connectivity index is 1.71. The van der Waals surface area contributed by atoms with E-state index in [9.17, 15) is 14.4 Å². The van der Waals surface area contributed by atoms with Gasteiger partial charge in [0.05, 0.1) is 0 Å². The highest BCUT2D eigenvalue weighted by molar-refractivity contribution is 5.99. The van der Waals surface area contributed by atoms with E-state index < -0.39 is 11.7 Å². The number of carbonyl (C=O) groups is 3. The highest BCUT2D eigenvalue weighted by atomic mass is 16.6. The smallest absolute Gasteiger partial charge is 0.408 e. The number of hydrogen-bond donors (Lipinski definition) is 3. The minimum atomic E-state index is -0.629. The summed E-state index contributed by atoms with van der Waals surface area (Å²) in [6, 6.07) is 7.26. The van der Waals surface area contributed by atoms with Gasteiger partial charge in [-0.1, -0.05) is 17.7 Å². The first-order chi connectivity index (χ1) is 13.2. The van der Waals surface area contributed by atoms with Crippen LogP contribution in [0, 0.1) is 0 Å². The van der Waals surface area contributed by atoms with Gasteiger partial charge in [-0.3, -0.25) is 9.59 Å². The van der Waals surface area contributed by atoms with Crippen LogP contribution in [0.2, 0.25) is 0 Å². The molecule has 0 spiro atoms. The lowest BCUT2D eigenvalue weighted by Gasteiger charge is -2.19. The molecule has 0 bridgehead atoms. The van der Waals surface area contributed by atoms with Crippen molar-refractivity contribution in [3.8, 4) is 0 Å². The van der Waals surface area contributed by atoms with Crippen LogP contribution in [-0.2, 0) is 20.9 Å². The van der Waals surface area contributed by atoms with Gasteiger partial charge in [-0.2, -0.15) is 0 Å². The molecule has 0 unspecified atom stereocenters. The van der Waals surface area contributed by atoms with E-state index in [2.05, 4.69) is 16.0 Å². The highest BCUT2D eigenvalue weighted by Gasteiger charge is 2.16. The molecule has 3 N–H and O–H groups in total. The van der Waals surface area contributed by atoms with Crippen molar-refractivity contribution in [2.45, 2.75) is 58.6 Å². The number of anilines is 1. The molecule has 0 heterocycles. The summed E-state index contributed by atoms with van der Waals surface area (Å²) in [4.78, 5) is 35.3. The summed E-state index contributed by atoms with van der Waals surface area (Å²) in [6.07, 6.45) is 5.40. The fourth-order valence-electron chi connectivity index (χ4n) is 2.77. The molecular formula is C21H29N3O4. The maximum Gasteiger partial charge on any atom is 0.408 e. The molecule has 1 aliphatic carbocycles. The van der Waals surface area contributed by atoms with Crippen LogP contribution in [-0.4, -0.2) is 30.1 Å². The first-order valence-electron chi connectivity index (χ1n) is 9.54. The number of allylic oxidation sites excluding steroid dienone is 1. The number of carbonyl (C=O) groups excluding carboxylic acids is 3. The van der Waals surface area contributed by atoms with E-state index in [4.69, 9.17) is 4.74 Å².